The number of nitrogens with one attached hydrogen (secondary N) is 1. The molecule has 18 heavy (non-hydrogen) atoms. The molecule has 0 saturated heterocycles. The molecule has 1 saturated carbocycles. The molecule has 0 aliphatic heterocycles. The van der Waals surface area contributed by atoms with Crippen LogP contribution in [0.1, 0.15) is 36.0 Å². The van der Waals surface area contributed by atoms with Crippen molar-refractivity contribution in [2.24, 2.45) is 0 Å². The molecule has 0 unspecified atom stereocenters. The summed E-state index contributed by atoms with van der Waals surface area (Å²) in [6.07, 6.45) is 4.60. The number of nitrogen functional groups attached to an aromatic ring is 1. The van der Waals surface area contributed by atoms with Crippen molar-refractivity contribution in [3.63, 3.8) is 0 Å². The number of anilines is 2. The lowest BCUT2D eigenvalue weighted by Crippen LogP contribution is -2.33. The van der Waals surface area contributed by atoms with Crippen LogP contribution in [0, 0.1) is 0 Å². The minimum absolute atomic E-state index is 0.0158. The van der Waals surface area contributed by atoms with E-state index in [4.69, 9.17) is 5.73 Å². The van der Waals surface area contributed by atoms with Crippen LogP contribution in [0.4, 0.5) is 11.4 Å². The third kappa shape index (κ3) is 2.75. The van der Waals surface area contributed by atoms with Crippen LogP contribution in [0.25, 0.3) is 0 Å². The van der Waals surface area contributed by atoms with Crippen molar-refractivity contribution >= 4 is 17.3 Å². The number of nitrogens with zero attached hydrogens (tertiary/aromatic N) is 1. The quantitative estimate of drug-likeness (QED) is 0.803. The van der Waals surface area contributed by atoms with Crippen molar-refractivity contribution in [3.05, 3.63) is 23.8 Å². The lowest BCUT2D eigenvalue weighted by molar-refractivity contribution is 0.0938. The maximum absolute atomic E-state index is 12.3. The summed E-state index contributed by atoms with van der Waals surface area (Å²) in [5.41, 5.74) is 7.96. The van der Waals surface area contributed by atoms with Crippen LogP contribution in [-0.2, 0) is 0 Å². The Morgan fingerprint density at radius 2 is 2.00 bits per heavy atom. The van der Waals surface area contributed by atoms with Crippen molar-refractivity contribution in [3.8, 4) is 0 Å². The predicted molar refractivity (Wildman–Crippen MR) is 74.9 cm³/mol. The summed E-state index contributed by atoms with van der Waals surface area (Å²) < 4.78 is 0. The molecule has 4 nitrogen and oxygen atoms in total. The Kier molecular flexibility index (Phi) is 3.75. The Bertz CT molecular complexity index is 437. The monoisotopic (exact) mass is 247 g/mol. The second-order valence-corrected chi connectivity index (χ2v) is 5.13. The van der Waals surface area contributed by atoms with Crippen LogP contribution < -0.4 is 16.0 Å². The van der Waals surface area contributed by atoms with E-state index in [1.165, 1.54) is 12.8 Å². The van der Waals surface area contributed by atoms with E-state index in [2.05, 4.69) is 5.32 Å². The lowest BCUT2D eigenvalue weighted by atomic mass is 10.1. The number of carbonyl (C=O) groups excluding carboxylic acids is 1. The highest BCUT2D eigenvalue weighted by molar-refractivity contribution is 6.00. The third-order valence-corrected chi connectivity index (χ3v) is 3.44. The first-order valence-corrected chi connectivity index (χ1v) is 6.45. The molecule has 0 heterocycles. The standard InChI is InChI=1S/C14H21N3O/c1-17(2)13-8-7-10(15)9-12(13)14(18)16-11-5-3-4-6-11/h7-9,11H,3-6,15H2,1-2H3,(H,16,18). The van der Waals surface area contributed by atoms with Gasteiger partial charge in [-0.15, -0.1) is 0 Å². The minimum Gasteiger partial charge on any atom is -0.399 e. The molecule has 0 spiro atoms. The minimum atomic E-state index is -0.0158. The summed E-state index contributed by atoms with van der Waals surface area (Å²) >= 11 is 0. The number of hydrogen-bond donors (Lipinski definition) is 2. The average Bonchev–Trinajstić information content (AvgIpc) is 2.81. The Hall–Kier alpha value is -1.71. The van der Waals surface area contributed by atoms with Crippen molar-refractivity contribution in [1.29, 1.82) is 0 Å². The zero-order valence-electron chi connectivity index (χ0n) is 11.1. The molecule has 3 N–H and O–H groups in total. The van der Waals surface area contributed by atoms with E-state index >= 15 is 0 Å². The normalized spacial score (nSPS) is 15.7. The van der Waals surface area contributed by atoms with Crippen molar-refractivity contribution in [1.82, 2.24) is 5.32 Å². The fourth-order valence-electron chi connectivity index (χ4n) is 2.46. The SMILES string of the molecule is CN(C)c1ccc(N)cc1C(=O)NC1CCCC1. The Labute approximate surface area is 108 Å². The Morgan fingerprint density at radius 1 is 1.33 bits per heavy atom. The average molecular weight is 247 g/mol. The summed E-state index contributed by atoms with van der Waals surface area (Å²) in [6.45, 7) is 0. The molecule has 98 valence electrons. The molecule has 0 atom stereocenters. The van der Waals surface area contributed by atoms with Gasteiger partial charge in [0.25, 0.3) is 5.91 Å². The van der Waals surface area contributed by atoms with Crippen molar-refractivity contribution in [2.75, 3.05) is 24.7 Å². The van der Waals surface area contributed by atoms with Crippen LogP contribution in [0.15, 0.2) is 18.2 Å². The first-order valence-electron chi connectivity index (χ1n) is 6.45. The summed E-state index contributed by atoms with van der Waals surface area (Å²) in [6, 6.07) is 5.79. The van der Waals surface area contributed by atoms with Gasteiger partial charge in [0.15, 0.2) is 0 Å². The number of carbonyl (C=O) groups is 1. The number of nitrogens with two attached hydrogens (primary N) is 1. The molecule has 1 aromatic carbocycles. The maximum Gasteiger partial charge on any atom is 0.253 e. The fourth-order valence-corrected chi connectivity index (χ4v) is 2.46. The summed E-state index contributed by atoms with van der Waals surface area (Å²) in [7, 11) is 3.86. The van der Waals surface area contributed by atoms with Gasteiger partial charge >= 0.3 is 0 Å². The van der Waals surface area contributed by atoms with E-state index < -0.39 is 0 Å². The molecule has 0 bridgehead atoms. The highest BCUT2D eigenvalue weighted by Gasteiger charge is 2.20. The third-order valence-electron chi connectivity index (χ3n) is 3.44. The van der Waals surface area contributed by atoms with Gasteiger partial charge in [-0.05, 0) is 31.0 Å². The van der Waals surface area contributed by atoms with Gasteiger partial charge < -0.3 is 16.0 Å². The summed E-state index contributed by atoms with van der Waals surface area (Å²) in [5, 5.41) is 3.10. The van der Waals surface area contributed by atoms with Gasteiger partial charge in [-0.3, -0.25) is 4.79 Å². The zero-order chi connectivity index (χ0) is 13.1. The van der Waals surface area contributed by atoms with Gasteiger partial charge in [0.2, 0.25) is 0 Å². The maximum atomic E-state index is 12.3. The molecule has 1 fully saturated rings. The highest BCUT2D eigenvalue weighted by atomic mass is 16.1. The molecule has 0 aromatic heterocycles. The predicted octanol–water partition coefficient (Wildman–Crippen LogP) is 2.01. The lowest BCUT2D eigenvalue weighted by Gasteiger charge is -2.19. The van der Waals surface area contributed by atoms with Crippen LogP contribution in [0.2, 0.25) is 0 Å². The number of amides is 1. The van der Waals surface area contributed by atoms with E-state index in [1.54, 1.807) is 6.07 Å². The van der Waals surface area contributed by atoms with E-state index in [0.717, 1.165) is 18.5 Å². The zero-order valence-corrected chi connectivity index (χ0v) is 11.1. The van der Waals surface area contributed by atoms with Crippen LogP contribution in [-0.4, -0.2) is 26.0 Å². The Morgan fingerprint density at radius 3 is 2.61 bits per heavy atom. The van der Waals surface area contributed by atoms with E-state index in [1.807, 2.05) is 31.1 Å². The molecule has 1 aliphatic carbocycles. The van der Waals surface area contributed by atoms with E-state index in [-0.39, 0.29) is 5.91 Å². The topological polar surface area (TPSA) is 58.4 Å². The molecule has 2 rings (SSSR count). The molecule has 1 amide bonds. The molecule has 1 aromatic rings. The van der Waals surface area contributed by atoms with Gasteiger partial charge in [0.1, 0.15) is 0 Å². The van der Waals surface area contributed by atoms with Crippen LogP contribution >= 0.6 is 0 Å². The first-order chi connectivity index (χ1) is 8.58. The number of hydrogen-bond acceptors (Lipinski definition) is 3. The van der Waals surface area contributed by atoms with E-state index in [0.29, 0.717) is 17.3 Å². The largest absolute Gasteiger partial charge is 0.399 e. The van der Waals surface area contributed by atoms with Gasteiger partial charge in [-0.25, -0.2) is 0 Å². The highest BCUT2D eigenvalue weighted by Crippen LogP contribution is 2.23. The van der Waals surface area contributed by atoms with Crippen LogP contribution in [0.5, 0.6) is 0 Å². The first kappa shape index (κ1) is 12.7. The smallest absolute Gasteiger partial charge is 0.253 e. The number of benzene rings is 1. The van der Waals surface area contributed by atoms with Crippen LogP contribution in [0.3, 0.4) is 0 Å². The number of rotatable bonds is 3. The van der Waals surface area contributed by atoms with E-state index in [9.17, 15) is 4.79 Å². The van der Waals surface area contributed by atoms with Gasteiger partial charge in [-0.1, -0.05) is 12.8 Å². The molecule has 1 aliphatic rings. The Balaban J connectivity index is 2.19. The van der Waals surface area contributed by atoms with Crippen molar-refractivity contribution in [2.45, 2.75) is 31.7 Å². The van der Waals surface area contributed by atoms with Gasteiger partial charge in [0, 0.05) is 31.5 Å². The molecular formula is C14H21N3O. The van der Waals surface area contributed by atoms with Crippen molar-refractivity contribution < 1.29 is 4.79 Å². The molecule has 4 heteroatoms. The van der Waals surface area contributed by atoms with Gasteiger partial charge in [0.05, 0.1) is 5.56 Å². The second-order valence-electron chi connectivity index (χ2n) is 5.13. The molecular weight excluding hydrogens is 226 g/mol. The molecule has 0 radical (unpaired) electrons. The summed E-state index contributed by atoms with van der Waals surface area (Å²) in [4.78, 5) is 14.2. The summed E-state index contributed by atoms with van der Waals surface area (Å²) in [5.74, 6) is -0.0158. The fraction of sp³-hybridized carbons (Fsp3) is 0.500. The second kappa shape index (κ2) is 5.29. The van der Waals surface area contributed by atoms with Gasteiger partial charge in [-0.2, -0.15) is 0 Å².